The Balaban J connectivity index is 1.87. The molecule has 2 nitrogen and oxygen atoms in total. The lowest BCUT2D eigenvalue weighted by Crippen LogP contribution is -2.22. The summed E-state index contributed by atoms with van der Waals surface area (Å²) in [4.78, 5) is 0. The van der Waals surface area contributed by atoms with Crippen LogP contribution in [0, 0.1) is 5.82 Å². The number of rotatable bonds is 6. The highest BCUT2D eigenvalue weighted by molar-refractivity contribution is 9.10. The Labute approximate surface area is 133 Å². The summed E-state index contributed by atoms with van der Waals surface area (Å²) in [6.45, 7) is 2.77. The molecule has 1 atom stereocenters. The van der Waals surface area contributed by atoms with Crippen LogP contribution in [-0.4, -0.2) is 13.7 Å². The van der Waals surface area contributed by atoms with Gasteiger partial charge in [-0.15, -0.1) is 0 Å². The largest absolute Gasteiger partial charge is 0.497 e. The smallest absolute Gasteiger partial charge is 0.129 e. The zero-order valence-corrected chi connectivity index (χ0v) is 13.8. The normalized spacial score (nSPS) is 12.2. The van der Waals surface area contributed by atoms with Gasteiger partial charge in [-0.3, -0.25) is 0 Å². The molecule has 0 spiro atoms. The molecule has 0 aliphatic rings. The lowest BCUT2D eigenvalue weighted by Gasteiger charge is -2.15. The fourth-order valence-electron chi connectivity index (χ4n) is 2.19. The maximum absolute atomic E-state index is 13.9. The lowest BCUT2D eigenvalue weighted by molar-refractivity contribution is 0.414. The minimum atomic E-state index is -0.186. The molecule has 2 rings (SSSR count). The van der Waals surface area contributed by atoms with Crippen molar-refractivity contribution in [2.24, 2.45) is 0 Å². The predicted molar refractivity (Wildman–Crippen MR) is 87.2 cm³/mol. The Hall–Kier alpha value is -1.39. The van der Waals surface area contributed by atoms with Crippen LogP contribution >= 0.6 is 15.9 Å². The van der Waals surface area contributed by atoms with Gasteiger partial charge in [-0.2, -0.15) is 0 Å². The molecule has 1 unspecified atom stereocenters. The molecule has 1 N–H and O–H groups in total. The van der Waals surface area contributed by atoms with E-state index in [0.29, 0.717) is 5.56 Å². The third-order valence-electron chi connectivity index (χ3n) is 3.45. The highest BCUT2D eigenvalue weighted by Crippen LogP contribution is 2.21. The molecular weight excluding hydrogens is 333 g/mol. The van der Waals surface area contributed by atoms with Crippen LogP contribution in [0.2, 0.25) is 0 Å². The zero-order valence-electron chi connectivity index (χ0n) is 12.2. The van der Waals surface area contributed by atoms with Gasteiger partial charge in [0.2, 0.25) is 0 Å². The van der Waals surface area contributed by atoms with E-state index in [4.69, 9.17) is 4.74 Å². The molecule has 0 heterocycles. The monoisotopic (exact) mass is 351 g/mol. The first kappa shape index (κ1) is 16.0. The summed E-state index contributed by atoms with van der Waals surface area (Å²) in [7, 11) is 1.66. The number of hydrogen-bond acceptors (Lipinski definition) is 2. The second-order valence-corrected chi connectivity index (χ2v) is 5.86. The fraction of sp³-hybridized carbons (Fsp3) is 0.294. The van der Waals surface area contributed by atoms with Gasteiger partial charge in [-0.1, -0.05) is 34.1 Å². The van der Waals surface area contributed by atoms with Gasteiger partial charge in [0.1, 0.15) is 11.6 Å². The topological polar surface area (TPSA) is 21.3 Å². The molecule has 4 heteroatoms. The maximum atomic E-state index is 13.9. The van der Waals surface area contributed by atoms with E-state index in [1.165, 1.54) is 11.6 Å². The van der Waals surface area contributed by atoms with Crippen LogP contribution in [0.5, 0.6) is 5.75 Å². The minimum absolute atomic E-state index is 0.0173. The molecule has 0 aliphatic heterocycles. The van der Waals surface area contributed by atoms with Crippen molar-refractivity contribution in [3.05, 3.63) is 63.9 Å². The third kappa shape index (κ3) is 4.55. The van der Waals surface area contributed by atoms with Crippen LogP contribution in [0.25, 0.3) is 0 Å². The molecule has 21 heavy (non-hydrogen) atoms. The number of halogens is 2. The van der Waals surface area contributed by atoms with Crippen molar-refractivity contribution in [3.63, 3.8) is 0 Å². The van der Waals surface area contributed by atoms with Gasteiger partial charge >= 0.3 is 0 Å². The Bertz CT molecular complexity index is 586. The quantitative estimate of drug-likeness (QED) is 0.827. The summed E-state index contributed by atoms with van der Waals surface area (Å²) in [5, 5.41) is 3.35. The number of nitrogens with one attached hydrogen (secondary N) is 1. The average Bonchev–Trinajstić information content (AvgIpc) is 2.47. The zero-order chi connectivity index (χ0) is 15.2. The molecule has 2 aromatic rings. The highest BCUT2D eigenvalue weighted by Gasteiger charge is 2.10. The SMILES string of the molecule is COc1ccc(CCNC(C)c2ccc(Br)cc2F)cc1. The van der Waals surface area contributed by atoms with Crippen LogP contribution in [0.4, 0.5) is 4.39 Å². The molecule has 0 fully saturated rings. The number of methoxy groups -OCH3 is 1. The van der Waals surface area contributed by atoms with Crippen molar-refractivity contribution >= 4 is 15.9 Å². The van der Waals surface area contributed by atoms with E-state index in [9.17, 15) is 4.39 Å². The van der Waals surface area contributed by atoms with E-state index in [1.807, 2.05) is 43.3 Å². The molecular formula is C17H19BrFNO. The van der Waals surface area contributed by atoms with E-state index < -0.39 is 0 Å². The van der Waals surface area contributed by atoms with E-state index in [2.05, 4.69) is 21.2 Å². The summed E-state index contributed by atoms with van der Waals surface area (Å²) < 4.78 is 19.7. The van der Waals surface area contributed by atoms with E-state index in [0.717, 1.165) is 23.2 Å². The molecule has 2 aromatic carbocycles. The maximum Gasteiger partial charge on any atom is 0.129 e. The Morgan fingerprint density at radius 3 is 2.52 bits per heavy atom. The van der Waals surface area contributed by atoms with Gasteiger partial charge in [0.15, 0.2) is 0 Å². The van der Waals surface area contributed by atoms with Crippen molar-refractivity contribution in [3.8, 4) is 5.75 Å². The molecule has 0 radical (unpaired) electrons. The Morgan fingerprint density at radius 1 is 1.19 bits per heavy atom. The van der Waals surface area contributed by atoms with Gasteiger partial charge in [0.05, 0.1) is 7.11 Å². The van der Waals surface area contributed by atoms with E-state index >= 15 is 0 Å². The number of ether oxygens (including phenoxy) is 1. The van der Waals surface area contributed by atoms with Crippen molar-refractivity contribution in [2.45, 2.75) is 19.4 Å². The van der Waals surface area contributed by atoms with Crippen LogP contribution in [0.3, 0.4) is 0 Å². The number of hydrogen-bond donors (Lipinski definition) is 1. The lowest BCUT2D eigenvalue weighted by atomic mass is 10.1. The second-order valence-electron chi connectivity index (χ2n) is 4.94. The van der Waals surface area contributed by atoms with Gasteiger partial charge < -0.3 is 10.1 Å². The molecule has 112 valence electrons. The first-order valence-electron chi connectivity index (χ1n) is 6.91. The van der Waals surface area contributed by atoms with Gasteiger partial charge in [0, 0.05) is 16.1 Å². The molecule has 0 bridgehead atoms. The van der Waals surface area contributed by atoms with Crippen LogP contribution in [-0.2, 0) is 6.42 Å². The Morgan fingerprint density at radius 2 is 1.90 bits per heavy atom. The second kappa shape index (κ2) is 7.57. The van der Waals surface area contributed by atoms with Gasteiger partial charge in [0.25, 0.3) is 0 Å². The predicted octanol–water partition coefficient (Wildman–Crippen LogP) is 4.49. The summed E-state index contributed by atoms with van der Waals surface area (Å²) >= 11 is 3.27. The molecule has 0 amide bonds. The highest BCUT2D eigenvalue weighted by atomic mass is 79.9. The standard InChI is InChI=1S/C17H19BrFNO/c1-12(16-8-5-14(18)11-17(16)19)20-10-9-13-3-6-15(21-2)7-4-13/h3-8,11-12,20H,9-10H2,1-2H3. The van der Waals surface area contributed by atoms with Gasteiger partial charge in [-0.25, -0.2) is 4.39 Å². The molecule has 0 saturated carbocycles. The van der Waals surface area contributed by atoms with Crippen LogP contribution < -0.4 is 10.1 Å². The summed E-state index contributed by atoms with van der Waals surface area (Å²) in [6.07, 6.45) is 0.895. The average molecular weight is 352 g/mol. The van der Waals surface area contributed by atoms with E-state index in [1.54, 1.807) is 7.11 Å². The third-order valence-corrected chi connectivity index (χ3v) is 3.95. The van der Waals surface area contributed by atoms with Crippen LogP contribution in [0.1, 0.15) is 24.1 Å². The summed E-state index contributed by atoms with van der Waals surface area (Å²) in [5.74, 6) is 0.672. The molecule has 0 aliphatic carbocycles. The van der Waals surface area contributed by atoms with E-state index in [-0.39, 0.29) is 11.9 Å². The summed E-state index contributed by atoms with van der Waals surface area (Å²) in [6, 6.07) is 13.1. The first-order valence-corrected chi connectivity index (χ1v) is 7.70. The summed E-state index contributed by atoms with van der Waals surface area (Å²) in [5.41, 5.74) is 1.92. The van der Waals surface area contributed by atoms with Crippen molar-refractivity contribution < 1.29 is 9.13 Å². The van der Waals surface area contributed by atoms with Crippen molar-refractivity contribution in [1.82, 2.24) is 5.32 Å². The van der Waals surface area contributed by atoms with Crippen LogP contribution in [0.15, 0.2) is 46.9 Å². The van der Waals surface area contributed by atoms with Gasteiger partial charge in [-0.05, 0) is 49.7 Å². The fourth-order valence-corrected chi connectivity index (χ4v) is 2.52. The molecule has 0 saturated heterocycles. The molecule has 0 aromatic heterocycles. The first-order chi connectivity index (χ1) is 10.1. The Kier molecular flexibility index (Phi) is 5.76. The minimum Gasteiger partial charge on any atom is -0.497 e. The number of benzene rings is 2. The van der Waals surface area contributed by atoms with Crippen molar-refractivity contribution in [1.29, 1.82) is 0 Å². The van der Waals surface area contributed by atoms with Crippen molar-refractivity contribution in [2.75, 3.05) is 13.7 Å².